The van der Waals surface area contributed by atoms with Crippen LogP contribution in [0.25, 0.3) is 0 Å². The number of hydrogen-bond acceptors (Lipinski definition) is 3. The SMILES string of the molecule is CCC1CCCCC1OCC(O)CNC(C)(C)CC. The van der Waals surface area contributed by atoms with Gasteiger partial charge in [-0.25, -0.2) is 0 Å². The van der Waals surface area contributed by atoms with Gasteiger partial charge in [0.15, 0.2) is 0 Å². The molecule has 1 fully saturated rings. The second kappa shape index (κ2) is 8.23. The van der Waals surface area contributed by atoms with Gasteiger partial charge < -0.3 is 15.2 Å². The molecule has 0 aromatic rings. The molecule has 19 heavy (non-hydrogen) atoms. The predicted molar refractivity (Wildman–Crippen MR) is 80.4 cm³/mol. The standard InChI is InChI=1S/C16H33NO2/c1-5-13-9-7-8-10-15(13)19-12-14(18)11-17-16(3,4)6-2/h13-15,17-18H,5-12H2,1-4H3. The van der Waals surface area contributed by atoms with Gasteiger partial charge in [-0.15, -0.1) is 0 Å². The lowest BCUT2D eigenvalue weighted by atomic mass is 9.85. The summed E-state index contributed by atoms with van der Waals surface area (Å²) in [5.74, 6) is 0.695. The summed E-state index contributed by atoms with van der Waals surface area (Å²) in [6, 6.07) is 0. The molecule has 3 atom stereocenters. The van der Waals surface area contributed by atoms with Crippen LogP contribution in [0.1, 0.15) is 66.2 Å². The molecule has 3 unspecified atom stereocenters. The molecule has 3 nitrogen and oxygen atoms in total. The summed E-state index contributed by atoms with van der Waals surface area (Å²) in [4.78, 5) is 0. The topological polar surface area (TPSA) is 41.5 Å². The second-order valence-corrected chi connectivity index (χ2v) is 6.60. The number of β-amino-alcohol motifs (C(OH)–C–C–N with tert-alkyl or cyclic N) is 1. The van der Waals surface area contributed by atoms with Crippen LogP contribution in [-0.4, -0.2) is 36.0 Å². The maximum Gasteiger partial charge on any atom is 0.0898 e. The first kappa shape index (κ1) is 16.9. The van der Waals surface area contributed by atoms with E-state index in [0.29, 0.717) is 25.2 Å². The van der Waals surface area contributed by atoms with Gasteiger partial charge in [-0.2, -0.15) is 0 Å². The summed E-state index contributed by atoms with van der Waals surface area (Å²) in [6.45, 7) is 9.81. The van der Waals surface area contributed by atoms with E-state index in [1.54, 1.807) is 0 Å². The van der Waals surface area contributed by atoms with Gasteiger partial charge in [-0.3, -0.25) is 0 Å². The van der Waals surface area contributed by atoms with E-state index in [1.165, 1.54) is 32.1 Å². The molecule has 1 aliphatic carbocycles. The highest BCUT2D eigenvalue weighted by Crippen LogP contribution is 2.29. The number of aliphatic hydroxyl groups is 1. The molecule has 1 aliphatic rings. The normalized spacial score (nSPS) is 26.4. The minimum atomic E-state index is -0.398. The van der Waals surface area contributed by atoms with Crippen molar-refractivity contribution in [3.8, 4) is 0 Å². The van der Waals surface area contributed by atoms with Crippen molar-refractivity contribution in [1.82, 2.24) is 5.32 Å². The van der Waals surface area contributed by atoms with Gasteiger partial charge in [0.25, 0.3) is 0 Å². The van der Waals surface area contributed by atoms with E-state index in [4.69, 9.17) is 4.74 Å². The first-order valence-corrected chi connectivity index (χ1v) is 8.03. The van der Waals surface area contributed by atoms with Gasteiger partial charge in [-0.1, -0.05) is 33.1 Å². The summed E-state index contributed by atoms with van der Waals surface area (Å²) in [5.41, 5.74) is 0.0950. The van der Waals surface area contributed by atoms with Crippen molar-refractivity contribution in [3.63, 3.8) is 0 Å². The van der Waals surface area contributed by atoms with E-state index < -0.39 is 6.10 Å². The van der Waals surface area contributed by atoms with E-state index in [-0.39, 0.29) is 5.54 Å². The molecule has 0 amide bonds. The molecule has 3 heteroatoms. The summed E-state index contributed by atoms with van der Waals surface area (Å²) in [7, 11) is 0. The molecular weight excluding hydrogens is 238 g/mol. The Morgan fingerprint density at radius 1 is 1.26 bits per heavy atom. The number of rotatable bonds is 8. The van der Waals surface area contributed by atoms with Crippen LogP contribution in [0.2, 0.25) is 0 Å². The molecule has 0 spiro atoms. The van der Waals surface area contributed by atoms with Crippen LogP contribution in [0.4, 0.5) is 0 Å². The Kier molecular flexibility index (Phi) is 7.33. The average Bonchev–Trinajstić information content (AvgIpc) is 2.43. The molecule has 0 radical (unpaired) electrons. The minimum absolute atomic E-state index is 0.0950. The molecule has 0 aromatic carbocycles. The molecule has 0 aliphatic heterocycles. The predicted octanol–water partition coefficient (Wildman–Crippen LogP) is 3.11. The zero-order valence-corrected chi connectivity index (χ0v) is 13.2. The molecule has 1 saturated carbocycles. The number of hydrogen-bond donors (Lipinski definition) is 2. The third-order valence-corrected chi connectivity index (χ3v) is 4.57. The minimum Gasteiger partial charge on any atom is -0.389 e. The van der Waals surface area contributed by atoms with Crippen molar-refractivity contribution in [2.45, 2.75) is 84.0 Å². The Morgan fingerprint density at radius 3 is 2.58 bits per heavy atom. The van der Waals surface area contributed by atoms with Crippen LogP contribution >= 0.6 is 0 Å². The lowest BCUT2D eigenvalue weighted by Gasteiger charge is -2.32. The van der Waals surface area contributed by atoms with Crippen LogP contribution in [-0.2, 0) is 4.74 Å². The molecule has 1 rings (SSSR count). The van der Waals surface area contributed by atoms with Gasteiger partial charge in [0.05, 0.1) is 18.8 Å². The van der Waals surface area contributed by atoms with Crippen LogP contribution in [0, 0.1) is 5.92 Å². The number of nitrogens with one attached hydrogen (secondary N) is 1. The van der Waals surface area contributed by atoms with Crippen LogP contribution < -0.4 is 5.32 Å². The smallest absolute Gasteiger partial charge is 0.0898 e. The maximum absolute atomic E-state index is 10.0. The largest absolute Gasteiger partial charge is 0.389 e. The van der Waals surface area contributed by atoms with Crippen molar-refractivity contribution in [2.24, 2.45) is 5.92 Å². The van der Waals surface area contributed by atoms with Crippen LogP contribution in [0.5, 0.6) is 0 Å². The summed E-state index contributed by atoms with van der Waals surface area (Å²) in [6.07, 6.45) is 7.30. The Hall–Kier alpha value is -0.120. The zero-order valence-electron chi connectivity index (χ0n) is 13.2. The van der Waals surface area contributed by atoms with Crippen LogP contribution in [0.15, 0.2) is 0 Å². The summed E-state index contributed by atoms with van der Waals surface area (Å²) in [5, 5.41) is 13.4. The van der Waals surface area contributed by atoms with Gasteiger partial charge in [0, 0.05) is 12.1 Å². The summed E-state index contributed by atoms with van der Waals surface area (Å²) >= 11 is 0. The maximum atomic E-state index is 10.0. The Balaban J connectivity index is 2.23. The first-order valence-electron chi connectivity index (χ1n) is 8.03. The Labute approximate surface area is 119 Å². The van der Waals surface area contributed by atoms with Crippen LogP contribution in [0.3, 0.4) is 0 Å². The fourth-order valence-corrected chi connectivity index (χ4v) is 2.67. The third kappa shape index (κ3) is 6.24. The van der Waals surface area contributed by atoms with E-state index in [9.17, 15) is 5.11 Å². The van der Waals surface area contributed by atoms with E-state index in [1.807, 2.05) is 0 Å². The lowest BCUT2D eigenvalue weighted by molar-refractivity contribution is -0.0510. The zero-order chi connectivity index (χ0) is 14.3. The third-order valence-electron chi connectivity index (χ3n) is 4.57. The molecule has 0 bridgehead atoms. The molecule has 114 valence electrons. The quantitative estimate of drug-likeness (QED) is 0.713. The highest BCUT2D eigenvalue weighted by Gasteiger charge is 2.25. The van der Waals surface area contributed by atoms with E-state index in [0.717, 1.165) is 6.42 Å². The highest BCUT2D eigenvalue weighted by molar-refractivity contribution is 4.78. The van der Waals surface area contributed by atoms with Crippen molar-refractivity contribution in [3.05, 3.63) is 0 Å². The Bertz CT molecular complexity index is 243. The molecule has 0 aromatic heterocycles. The van der Waals surface area contributed by atoms with E-state index >= 15 is 0 Å². The first-order chi connectivity index (χ1) is 8.98. The molecule has 0 saturated heterocycles. The van der Waals surface area contributed by atoms with Crippen molar-refractivity contribution < 1.29 is 9.84 Å². The fourth-order valence-electron chi connectivity index (χ4n) is 2.67. The molecular formula is C16H33NO2. The number of aliphatic hydroxyl groups excluding tert-OH is 1. The van der Waals surface area contributed by atoms with Crippen molar-refractivity contribution in [1.29, 1.82) is 0 Å². The lowest BCUT2D eigenvalue weighted by Crippen LogP contribution is -2.44. The monoisotopic (exact) mass is 271 g/mol. The molecule has 0 heterocycles. The second-order valence-electron chi connectivity index (χ2n) is 6.60. The van der Waals surface area contributed by atoms with Gasteiger partial charge >= 0.3 is 0 Å². The van der Waals surface area contributed by atoms with Gasteiger partial charge in [0.2, 0.25) is 0 Å². The van der Waals surface area contributed by atoms with Gasteiger partial charge in [-0.05, 0) is 39.0 Å². The average molecular weight is 271 g/mol. The van der Waals surface area contributed by atoms with Gasteiger partial charge in [0.1, 0.15) is 0 Å². The number of ether oxygens (including phenoxy) is 1. The Morgan fingerprint density at radius 2 is 1.95 bits per heavy atom. The van der Waals surface area contributed by atoms with E-state index in [2.05, 4.69) is 33.0 Å². The highest BCUT2D eigenvalue weighted by atomic mass is 16.5. The fraction of sp³-hybridized carbons (Fsp3) is 1.00. The van der Waals surface area contributed by atoms with Crippen molar-refractivity contribution in [2.75, 3.05) is 13.2 Å². The van der Waals surface area contributed by atoms with Crippen molar-refractivity contribution >= 4 is 0 Å². The summed E-state index contributed by atoms with van der Waals surface area (Å²) < 4.78 is 5.96. The molecule has 2 N–H and O–H groups in total.